The number of nitrogens with zero attached hydrogens (tertiary/aromatic N) is 2. The average molecular weight is 247 g/mol. The molecule has 2 rings (SSSR count). The number of nitrogen functional groups attached to an aromatic ring is 1. The Balaban J connectivity index is 2.58. The first kappa shape index (κ1) is 12.1. The Hall–Kier alpha value is -2.35. The Kier molecular flexibility index (Phi) is 3.02. The molecule has 0 aliphatic rings. The van der Waals surface area contributed by atoms with Crippen LogP contribution in [0.3, 0.4) is 0 Å². The summed E-state index contributed by atoms with van der Waals surface area (Å²) in [6.45, 7) is 1.98. The molecule has 0 radical (unpaired) electrons. The number of imidazole rings is 1. The molecule has 0 unspecified atom stereocenters. The number of aryl methyl sites for hydroxylation is 1. The second kappa shape index (κ2) is 4.49. The third kappa shape index (κ3) is 1.93. The number of halogens is 2. The molecule has 0 aliphatic heterocycles. The highest BCUT2D eigenvalue weighted by atomic mass is 19.1. The minimum absolute atomic E-state index is 0.160. The molecule has 0 atom stereocenters. The van der Waals surface area contributed by atoms with Crippen LogP contribution in [0.2, 0.25) is 0 Å². The second-order valence-corrected chi connectivity index (χ2v) is 3.81. The number of hydrogen-bond acceptors (Lipinski definition) is 2. The fourth-order valence-electron chi connectivity index (χ4n) is 1.75. The van der Waals surface area contributed by atoms with E-state index in [1.165, 1.54) is 6.07 Å². The van der Waals surface area contributed by atoms with Gasteiger partial charge in [-0.05, 0) is 19.1 Å². The van der Waals surface area contributed by atoms with Crippen molar-refractivity contribution < 1.29 is 8.78 Å². The molecule has 0 saturated carbocycles. The minimum atomic E-state index is -0.702. The van der Waals surface area contributed by atoms with Crippen LogP contribution < -0.4 is 5.73 Å². The number of hydrogen-bond donors (Lipinski definition) is 1. The predicted molar refractivity (Wildman–Crippen MR) is 65.6 cm³/mol. The van der Waals surface area contributed by atoms with E-state index < -0.39 is 11.6 Å². The minimum Gasteiger partial charge on any atom is -0.383 e. The van der Waals surface area contributed by atoms with Crippen molar-refractivity contribution in [3.8, 4) is 23.6 Å². The van der Waals surface area contributed by atoms with Crippen LogP contribution in [-0.4, -0.2) is 9.55 Å². The van der Waals surface area contributed by atoms with Gasteiger partial charge >= 0.3 is 0 Å². The van der Waals surface area contributed by atoms with Crippen LogP contribution in [0.4, 0.5) is 14.6 Å². The fraction of sp³-hybridized carbons (Fsp3) is 0.154. The first-order chi connectivity index (χ1) is 8.54. The van der Waals surface area contributed by atoms with Gasteiger partial charge in [0.1, 0.15) is 29.0 Å². The lowest BCUT2D eigenvalue weighted by atomic mass is 10.1. The quantitative estimate of drug-likeness (QED) is 0.828. The molecule has 0 amide bonds. The van der Waals surface area contributed by atoms with E-state index in [1.807, 2.05) is 0 Å². The van der Waals surface area contributed by atoms with Gasteiger partial charge in [-0.15, -0.1) is 6.42 Å². The molecule has 0 spiro atoms. The van der Waals surface area contributed by atoms with Crippen LogP contribution >= 0.6 is 0 Å². The molecule has 0 bridgehead atoms. The van der Waals surface area contributed by atoms with Gasteiger partial charge in [0.05, 0.1) is 6.54 Å². The number of aromatic nitrogens is 2. The van der Waals surface area contributed by atoms with Crippen molar-refractivity contribution >= 4 is 5.82 Å². The maximum Gasteiger partial charge on any atom is 0.135 e. The smallest absolute Gasteiger partial charge is 0.135 e. The molecule has 1 aromatic heterocycles. The summed E-state index contributed by atoms with van der Waals surface area (Å²) in [5.74, 6) is 1.96. The van der Waals surface area contributed by atoms with E-state index in [4.69, 9.17) is 12.2 Å². The van der Waals surface area contributed by atoms with Crippen molar-refractivity contribution in [1.29, 1.82) is 0 Å². The molecular weight excluding hydrogens is 236 g/mol. The molecule has 3 nitrogen and oxygen atoms in total. The summed E-state index contributed by atoms with van der Waals surface area (Å²) >= 11 is 0. The number of benzene rings is 1. The first-order valence-electron chi connectivity index (χ1n) is 5.26. The molecule has 1 aromatic carbocycles. The molecule has 2 N–H and O–H groups in total. The summed E-state index contributed by atoms with van der Waals surface area (Å²) in [7, 11) is 0. The molecule has 18 heavy (non-hydrogen) atoms. The van der Waals surface area contributed by atoms with Crippen molar-refractivity contribution in [3.63, 3.8) is 0 Å². The lowest BCUT2D eigenvalue weighted by Gasteiger charge is -2.04. The average Bonchev–Trinajstić information content (AvgIpc) is 2.58. The number of anilines is 1. The standard InChI is InChI=1S/C13H11F2N3/c1-3-6-18-8(2)17-12(13(18)16)10-5-4-9(14)7-11(10)15/h1,4-5,7H,6,16H2,2H3. The molecule has 2 aromatic rings. The highest BCUT2D eigenvalue weighted by Gasteiger charge is 2.16. The zero-order chi connectivity index (χ0) is 13.3. The Labute approximate surface area is 103 Å². The molecule has 0 saturated heterocycles. The van der Waals surface area contributed by atoms with Crippen LogP contribution in [0.5, 0.6) is 0 Å². The van der Waals surface area contributed by atoms with Crippen LogP contribution in [0.1, 0.15) is 5.82 Å². The van der Waals surface area contributed by atoms with Crippen molar-refractivity contribution in [2.45, 2.75) is 13.5 Å². The van der Waals surface area contributed by atoms with Crippen molar-refractivity contribution in [2.75, 3.05) is 5.73 Å². The summed E-state index contributed by atoms with van der Waals surface area (Å²) in [6.07, 6.45) is 5.22. The Morgan fingerprint density at radius 2 is 2.17 bits per heavy atom. The van der Waals surface area contributed by atoms with Crippen molar-refractivity contribution in [3.05, 3.63) is 35.7 Å². The van der Waals surface area contributed by atoms with E-state index in [1.54, 1.807) is 11.5 Å². The van der Waals surface area contributed by atoms with Gasteiger partial charge in [-0.25, -0.2) is 13.8 Å². The lowest BCUT2D eigenvalue weighted by Crippen LogP contribution is -2.03. The number of rotatable bonds is 2. The first-order valence-corrected chi connectivity index (χ1v) is 5.26. The Morgan fingerprint density at radius 1 is 1.44 bits per heavy atom. The fourth-order valence-corrected chi connectivity index (χ4v) is 1.75. The SMILES string of the molecule is C#CCn1c(C)nc(-c2ccc(F)cc2F)c1N. The summed E-state index contributed by atoms with van der Waals surface area (Å²) in [4.78, 5) is 4.17. The van der Waals surface area contributed by atoms with Crippen LogP contribution in [0.15, 0.2) is 18.2 Å². The van der Waals surface area contributed by atoms with Crippen LogP contribution in [0, 0.1) is 30.9 Å². The molecule has 5 heteroatoms. The van der Waals surface area contributed by atoms with Gasteiger partial charge in [0.15, 0.2) is 0 Å². The topological polar surface area (TPSA) is 43.8 Å². The van der Waals surface area contributed by atoms with Crippen molar-refractivity contribution in [2.24, 2.45) is 0 Å². The van der Waals surface area contributed by atoms with Gasteiger partial charge in [0, 0.05) is 11.6 Å². The molecule has 1 heterocycles. The van der Waals surface area contributed by atoms with Gasteiger partial charge in [0.25, 0.3) is 0 Å². The zero-order valence-corrected chi connectivity index (χ0v) is 9.74. The maximum atomic E-state index is 13.7. The van der Waals surface area contributed by atoms with E-state index >= 15 is 0 Å². The number of nitrogens with two attached hydrogens (primary N) is 1. The Morgan fingerprint density at radius 3 is 2.78 bits per heavy atom. The van der Waals surface area contributed by atoms with Crippen LogP contribution in [0.25, 0.3) is 11.3 Å². The predicted octanol–water partition coefficient (Wildman–Crippen LogP) is 2.35. The zero-order valence-electron chi connectivity index (χ0n) is 9.74. The number of terminal acetylenes is 1. The molecule has 92 valence electrons. The summed E-state index contributed by atoms with van der Waals surface area (Å²) in [5, 5.41) is 0. The van der Waals surface area contributed by atoms with Gasteiger partial charge in [-0.3, -0.25) is 0 Å². The summed E-state index contributed by atoms with van der Waals surface area (Å²) in [5.41, 5.74) is 6.31. The summed E-state index contributed by atoms with van der Waals surface area (Å²) in [6, 6.07) is 3.26. The van der Waals surface area contributed by atoms with E-state index in [0.717, 1.165) is 12.1 Å². The van der Waals surface area contributed by atoms with Crippen LogP contribution in [-0.2, 0) is 6.54 Å². The lowest BCUT2D eigenvalue weighted by molar-refractivity contribution is 0.585. The normalized spacial score (nSPS) is 10.3. The Bertz CT molecular complexity index is 638. The van der Waals surface area contributed by atoms with E-state index in [9.17, 15) is 8.78 Å². The second-order valence-electron chi connectivity index (χ2n) is 3.81. The third-order valence-electron chi connectivity index (χ3n) is 2.63. The molecular formula is C13H11F2N3. The summed E-state index contributed by atoms with van der Waals surface area (Å²) < 4.78 is 28.1. The highest BCUT2D eigenvalue weighted by Crippen LogP contribution is 2.28. The van der Waals surface area contributed by atoms with Crippen molar-refractivity contribution in [1.82, 2.24) is 9.55 Å². The van der Waals surface area contributed by atoms with E-state index in [0.29, 0.717) is 5.82 Å². The van der Waals surface area contributed by atoms with Gasteiger partial charge < -0.3 is 10.3 Å². The largest absolute Gasteiger partial charge is 0.383 e. The van der Waals surface area contributed by atoms with Gasteiger partial charge in [-0.1, -0.05) is 5.92 Å². The third-order valence-corrected chi connectivity index (χ3v) is 2.63. The van der Waals surface area contributed by atoms with E-state index in [-0.39, 0.29) is 23.6 Å². The van der Waals surface area contributed by atoms with E-state index in [2.05, 4.69) is 10.9 Å². The van der Waals surface area contributed by atoms with Gasteiger partial charge in [-0.2, -0.15) is 0 Å². The molecule has 0 aliphatic carbocycles. The highest BCUT2D eigenvalue weighted by molar-refractivity contribution is 5.71. The van der Waals surface area contributed by atoms with Gasteiger partial charge in [0.2, 0.25) is 0 Å². The monoisotopic (exact) mass is 247 g/mol. The molecule has 0 fully saturated rings. The maximum absolute atomic E-state index is 13.7.